The van der Waals surface area contributed by atoms with Gasteiger partial charge in [0.25, 0.3) is 0 Å². The van der Waals surface area contributed by atoms with Gasteiger partial charge in [0.15, 0.2) is 0 Å². The van der Waals surface area contributed by atoms with Crippen molar-refractivity contribution in [3.63, 3.8) is 0 Å². The molecule has 2 nitrogen and oxygen atoms in total. The zero-order valence-corrected chi connectivity index (χ0v) is 11.9. The van der Waals surface area contributed by atoms with Crippen molar-refractivity contribution in [3.05, 3.63) is 0 Å². The summed E-state index contributed by atoms with van der Waals surface area (Å²) in [7, 11) is 0. The Kier molecular flexibility index (Phi) is 6.43. The first-order chi connectivity index (χ1) is 8.90. The van der Waals surface area contributed by atoms with Gasteiger partial charge in [-0.3, -0.25) is 4.79 Å². The van der Waals surface area contributed by atoms with Crippen molar-refractivity contribution in [2.45, 2.75) is 45.2 Å². The summed E-state index contributed by atoms with van der Waals surface area (Å²) in [5.74, 6) is -1.65. The molecule has 0 aromatic heterocycles. The minimum atomic E-state index is -4.18. The van der Waals surface area contributed by atoms with Gasteiger partial charge in [-0.15, -0.1) is 11.6 Å². The lowest BCUT2D eigenvalue weighted by Crippen LogP contribution is -2.41. The van der Waals surface area contributed by atoms with Crippen molar-refractivity contribution in [1.29, 1.82) is 0 Å². The first-order valence-electron chi connectivity index (χ1n) is 6.81. The maximum atomic E-state index is 12.7. The highest BCUT2D eigenvalue weighted by Gasteiger charge is 2.44. The number of halogens is 4. The SMILES string of the molecule is CCCN(CCCl)C(=O)C1CCCC(C(F)(F)F)C1. The molecule has 1 amide bonds. The van der Waals surface area contributed by atoms with Crippen molar-refractivity contribution in [3.8, 4) is 0 Å². The van der Waals surface area contributed by atoms with Gasteiger partial charge in [0.05, 0.1) is 5.92 Å². The first kappa shape index (κ1) is 16.6. The van der Waals surface area contributed by atoms with E-state index in [0.29, 0.717) is 31.8 Å². The molecule has 0 heterocycles. The largest absolute Gasteiger partial charge is 0.391 e. The zero-order valence-electron chi connectivity index (χ0n) is 11.2. The second-order valence-corrected chi connectivity index (χ2v) is 5.49. The van der Waals surface area contributed by atoms with E-state index >= 15 is 0 Å². The van der Waals surface area contributed by atoms with Gasteiger partial charge in [-0.05, 0) is 25.7 Å². The molecule has 1 fully saturated rings. The van der Waals surface area contributed by atoms with Crippen LogP contribution < -0.4 is 0 Å². The van der Waals surface area contributed by atoms with Crippen LogP contribution in [0.15, 0.2) is 0 Å². The number of carbonyl (C=O) groups is 1. The van der Waals surface area contributed by atoms with Gasteiger partial charge in [-0.25, -0.2) is 0 Å². The molecule has 0 spiro atoms. The Balaban J connectivity index is 2.64. The smallest absolute Gasteiger partial charge is 0.341 e. The molecule has 1 saturated carbocycles. The molecule has 0 N–H and O–H groups in total. The third-order valence-electron chi connectivity index (χ3n) is 3.65. The molecule has 112 valence electrons. The monoisotopic (exact) mass is 299 g/mol. The molecule has 0 radical (unpaired) electrons. The summed E-state index contributed by atoms with van der Waals surface area (Å²) in [5, 5.41) is 0. The third-order valence-corrected chi connectivity index (χ3v) is 3.82. The number of carbonyl (C=O) groups excluding carboxylic acids is 1. The van der Waals surface area contributed by atoms with E-state index in [4.69, 9.17) is 11.6 Å². The van der Waals surface area contributed by atoms with E-state index in [9.17, 15) is 18.0 Å². The summed E-state index contributed by atoms with van der Waals surface area (Å²) < 4.78 is 38.2. The number of amides is 1. The summed E-state index contributed by atoms with van der Waals surface area (Å²) in [5.41, 5.74) is 0. The molecule has 19 heavy (non-hydrogen) atoms. The highest BCUT2D eigenvalue weighted by molar-refractivity contribution is 6.18. The number of hydrogen-bond acceptors (Lipinski definition) is 1. The fraction of sp³-hybridized carbons (Fsp3) is 0.923. The fourth-order valence-corrected chi connectivity index (χ4v) is 2.88. The van der Waals surface area contributed by atoms with Crippen molar-refractivity contribution in [2.75, 3.05) is 19.0 Å². The van der Waals surface area contributed by atoms with Crippen LogP contribution in [0.4, 0.5) is 13.2 Å². The van der Waals surface area contributed by atoms with E-state index < -0.39 is 18.0 Å². The molecule has 1 aliphatic carbocycles. The van der Waals surface area contributed by atoms with Crippen LogP contribution in [-0.4, -0.2) is 36.0 Å². The average molecular weight is 300 g/mol. The lowest BCUT2D eigenvalue weighted by Gasteiger charge is -2.33. The predicted octanol–water partition coefficient (Wildman–Crippen LogP) is 3.83. The predicted molar refractivity (Wildman–Crippen MR) is 69.1 cm³/mol. The molecule has 0 saturated heterocycles. The van der Waals surface area contributed by atoms with Crippen LogP contribution in [0.1, 0.15) is 39.0 Å². The van der Waals surface area contributed by atoms with E-state index in [0.717, 1.165) is 6.42 Å². The van der Waals surface area contributed by atoms with Crippen molar-refractivity contribution in [2.24, 2.45) is 11.8 Å². The van der Waals surface area contributed by atoms with Gasteiger partial charge < -0.3 is 4.90 Å². The summed E-state index contributed by atoms with van der Waals surface area (Å²) in [6.07, 6.45) is -2.27. The quantitative estimate of drug-likeness (QED) is 0.707. The maximum Gasteiger partial charge on any atom is 0.391 e. The number of rotatable bonds is 5. The van der Waals surface area contributed by atoms with Gasteiger partial charge >= 0.3 is 6.18 Å². The van der Waals surface area contributed by atoms with Gasteiger partial charge in [-0.2, -0.15) is 13.2 Å². The lowest BCUT2D eigenvalue weighted by molar-refractivity contribution is -0.187. The Labute approximate surface area is 117 Å². The van der Waals surface area contributed by atoms with E-state index in [2.05, 4.69) is 0 Å². The molecular weight excluding hydrogens is 279 g/mol. The normalized spacial score (nSPS) is 24.3. The first-order valence-corrected chi connectivity index (χ1v) is 7.35. The van der Waals surface area contributed by atoms with Gasteiger partial charge in [0.2, 0.25) is 5.91 Å². The van der Waals surface area contributed by atoms with Crippen LogP contribution in [0.2, 0.25) is 0 Å². The molecule has 2 atom stereocenters. The number of alkyl halides is 4. The van der Waals surface area contributed by atoms with Crippen LogP contribution >= 0.6 is 11.6 Å². The molecule has 2 unspecified atom stereocenters. The van der Waals surface area contributed by atoms with Crippen LogP contribution in [0, 0.1) is 11.8 Å². The Morgan fingerprint density at radius 3 is 2.53 bits per heavy atom. The third kappa shape index (κ3) is 4.86. The summed E-state index contributed by atoms with van der Waals surface area (Å²) >= 11 is 5.64. The fourth-order valence-electron chi connectivity index (χ4n) is 2.67. The molecule has 0 aliphatic heterocycles. The van der Waals surface area contributed by atoms with Crippen LogP contribution in [0.25, 0.3) is 0 Å². The number of hydrogen-bond donors (Lipinski definition) is 0. The molecule has 6 heteroatoms. The molecule has 0 aromatic rings. The molecule has 1 aliphatic rings. The molecular formula is C13H21ClF3NO. The number of nitrogens with zero attached hydrogens (tertiary/aromatic N) is 1. The van der Waals surface area contributed by atoms with Crippen molar-refractivity contribution in [1.82, 2.24) is 4.90 Å². The van der Waals surface area contributed by atoms with Crippen LogP contribution in [0.3, 0.4) is 0 Å². The van der Waals surface area contributed by atoms with E-state index in [1.165, 1.54) is 0 Å². The topological polar surface area (TPSA) is 20.3 Å². The van der Waals surface area contributed by atoms with Crippen molar-refractivity contribution >= 4 is 17.5 Å². The van der Waals surface area contributed by atoms with Crippen LogP contribution in [0.5, 0.6) is 0 Å². The Morgan fingerprint density at radius 2 is 2.00 bits per heavy atom. The Bertz CT molecular complexity index is 290. The Morgan fingerprint density at radius 1 is 1.32 bits per heavy atom. The summed E-state index contributed by atoms with van der Waals surface area (Å²) in [6, 6.07) is 0. The van der Waals surface area contributed by atoms with Gasteiger partial charge in [0, 0.05) is 24.9 Å². The zero-order chi connectivity index (χ0) is 14.5. The molecule has 0 aromatic carbocycles. The van der Waals surface area contributed by atoms with Gasteiger partial charge in [0.1, 0.15) is 0 Å². The van der Waals surface area contributed by atoms with Gasteiger partial charge in [-0.1, -0.05) is 13.3 Å². The van der Waals surface area contributed by atoms with E-state index in [1.54, 1.807) is 4.90 Å². The summed E-state index contributed by atoms with van der Waals surface area (Å²) in [6.45, 7) is 2.92. The lowest BCUT2D eigenvalue weighted by atomic mass is 9.80. The highest BCUT2D eigenvalue weighted by Crippen LogP contribution is 2.40. The van der Waals surface area contributed by atoms with Crippen LogP contribution in [-0.2, 0) is 4.79 Å². The average Bonchev–Trinajstić information content (AvgIpc) is 2.37. The summed E-state index contributed by atoms with van der Waals surface area (Å²) in [4.78, 5) is 13.9. The molecule has 1 rings (SSSR count). The molecule has 0 bridgehead atoms. The van der Waals surface area contributed by atoms with Crippen molar-refractivity contribution < 1.29 is 18.0 Å². The standard InChI is InChI=1S/C13H21ClF3NO/c1-2-7-18(8-6-14)12(19)10-4-3-5-11(9-10)13(15,16)17/h10-11H,2-9H2,1H3. The minimum Gasteiger partial charge on any atom is -0.341 e. The second-order valence-electron chi connectivity index (χ2n) is 5.12. The Hall–Kier alpha value is -0.450. The second kappa shape index (κ2) is 7.36. The minimum absolute atomic E-state index is 0.0646. The van der Waals surface area contributed by atoms with E-state index in [1.807, 2.05) is 6.92 Å². The highest BCUT2D eigenvalue weighted by atomic mass is 35.5. The van der Waals surface area contributed by atoms with E-state index in [-0.39, 0.29) is 18.7 Å². The maximum absolute atomic E-state index is 12.7.